The van der Waals surface area contributed by atoms with E-state index in [1.807, 2.05) is 6.07 Å². The maximum atomic E-state index is 5.12. The van der Waals surface area contributed by atoms with Crippen molar-refractivity contribution in [1.29, 1.82) is 0 Å². The Bertz CT molecular complexity index is 271. The number of nitrogens with one attached hydrogen (secondary N) is 1. The zero-order valence-corrected chi connectivity index (χ0v) is 9.28. The molecular formula is C11H19N3O. The Balaban J connectivity index is 1.82. The molecule has 4 nitrogen and oxygen atoms in total. The third kappa shape index (κ3) is 3.04. The van der Waals surface area contributed by atoms with E-state index in [1.54, 1.807) is 6.20 Å². The summed E-state index contributed by atoms with van der Waals surface area (Å²) in [5.41, 5.74) is 0. The number of likely N-dealkylation sites (tertiary alicyclic amines) is 1. The lowest BCUT2D eigenvalue weighted by Crippen LogP contribution is -2.45. The van der Waals surface area contributed by atoms with Crippen LogP contribution in [0, 0.1) is 0 Å². The average molecular weight is 209 g/mol. The fraction of sp³-hybridized carbons (Fsp3) is 0.727. The van der Waals surface area contributed by atoms with Gasteiger partial charge in [-0.3, -0.25) is 4.90 Å². The van der Waals surface area contributed by atoms with Crippen LogP contribution < -0.4 is 5.32 Å². The van der Waals surface area contributed by atoms with Gasteiger partial charge in [0, 0.05) is 18.7 Å². The quantitative estimate of drug-likeness (QED) is 0.810. The van der Waals surface area contributed by atoms with Gasteiger partial charge in [0.1, 0.15) is 0 Å². The Kier molecular flexibility index (Phi) is 3.75. The van der Waals surface area contributed by atoms with Crippen molar-refractivity contribution in [3.63, 3.8) is 0 Å². The minimum absolute atomic E-state index is 0.645. The molecule has 0 aliphatic carbocycles. The zero-order valence-electron chi connectivity index (χ0n) is 9.28. The number of rotatable bonds is 4. The summed E-state index contributed by atoms with van der Waals surface area (Å²) in [7, 11) is 0. The van der Waals surface area contributed by atoms with Crippen LogP contribution in [0.25, 0.3) is 0 Å². The van der Waals surface area contributed by atoms with Crippen molar-refractivity contribution in [2.24, 2.45) is 0 Å². The standard InChI is InChI=1S/C11H19N3O/c1-2-12-10-4-3-7-14(8-10)9-11-5-6-13-15-11/h5-6,10,12H,2-4,7-9H2,1H3. The summed E-state index contributed by atoms with van der Waals surface area (Å²) in [6.45, 7) is 6.40. The summed E-state index contributed by atoms with van der Waals surface area (Å²) in [6, 6.07) is 2.59. The first kappa shape index (κ1) is 10.6. The van der Waals surface area contributed by atoms with Crippen molar-refractivity contribution in [1.82, 2.24) is 15.4 Å². The van der Waals surface area contributed by atoms with Crippen LogP contribution in [0.1, 0.15) is 25.5 Å². The van der Waals surface area contributed by atoms with Gasteiger partial charge in [0.25, 0.3) is 0 Å². The second kappa shape index (κ2) is 5.28. The van der Waals surface area contributed by atoms with E-state index in [1.165, 1.54) is 19.4 Å². The van der Waals surface area contributed by atoms with E-state index >= 15 is 0 Å². The predicted molar refractivity (Wildman–Crippen MR) is 58.5 cm³/mol. The number of hydrogen-bond donors (Lipinski definition) is 1. The maximum absolute atomic E-state index is 5.12. The van der Waals surface area contributed by atoms with Gasteiger partial charge in [0.15, 0.2) is 5.76 Å². The van der Waals surface area contributed by atoms with Crippen LogP contribution in [-0.4, -0.2) is 35.7 Å². The lowest BCUT2D eigenvalue weighted by molar-refractivity contribution is 0.168. The summed E-state index contributed by atoms with van der Waals surface area (Å²) in [5, 5.41) is 7.23. The summed E-state index contributed by atoms with van der Waals surface area (Å²) in [4.78, 5) is 2.43. The van der Waals surface area contributed by atoms with Crippen molar-refractivity contribution in [2.75, 3.05) is 19.6 Å². The number of nitrogens with zero attached hydrogens (tertiary/aromatic N) is 2. The molecule has 1 aliphatic rings. The molecule has 1 fully saturated rings. The SMILES string of the molecule is CCNC1CCCN(Cc2ccno2)C1. The molecule has 84 valence electrons. The molecule has 1 saturated heterocycles. The first-order chi connectivity index (χ1) is 7.38. The minimum atomic E-state index is 0.645. The highest BCUT2D eigenvalue weighted by atomic mass is 16.5. The Morgan fingerprint density at radius 2 is 2.60 bits per heavy atom. The van der Waals surface area contributed by atoms with Crippen LogP contribution in [-0.2, 0) is 6.54 Å². The number of hydrogen-bond acceptors (Lipinski definition) is 4. The van der Waals surface area contributed by atoms with Crippen LogP contribution in [0.5, 0.6) is 0 Å². The number of aromatic nitrogens is 1. The second-order valence-corrected chi connectivity index (χ2v) is 4.11. The van der Waals surface area contributed by atoms with E-state index in [-0.39, 0.29) is 0 Å². The van der Waals surface area contributed by atoms with Gasteiger partial charge in [0.05, 0.1) is 12.7 Å². The largest absolute Gasteiger partial charge is 0.360 e. The lowest BCUT2D eigenvalue weighted by atomic mass is 10.1. The third-order valence-electron chi connectivity index (χ3n) is 2.87. The first-order valence-corrected chi connectivity index (χ1v) is 5.73. The third-order valence-corrected chi connectivity index (χ3v) is 2.87. The van der Waals surface area contributed by atoms with Gasteiger partial charge in [-0.1, -0.05) is 12.1 Å². The highest BCUT2D eigenvalue weighted by Crippen LogP contribution is 2.13. The molecule has 4 heteroatoms. The zero-order chi connectivity index (χ0) is 10.5. The molecule has 0 saturated carbocycles. The summed E-state index contributed by atoms with van der Waals surface area (Å²) >= 11 is 0. The van der Waals surface area contributed by atoms with Crippen LogP contribution >= 0.6 is 0 Å². The molecule has 0 aromatic carbocycles. The fourth-order valence-corrected chi connectivity index (χ4v) is 2.20. The van der Waals surface area contributed by atoms with Crippen LogP contribution in [0.3, 0.4) is 0 Å². The molecule has 15 heavy (non-hydrogen) atoms. The molecule has 1 aromatic rings. The molecule has 0 spiro atoms. The average Bonchev–Trinajstić information content (AvgIpc) is 2.71. The second-order valence-electron chi connectivity index (χ2n) is 4.11. The molecule has 0 radical (unpaired) electrons. The molecule has 1 unspecified atom stereocenters. The molecule has 2 heterocycles. The minimum Gasteiger partial charge on any atom is -0.360 e. The van der Waals surface area contributed by atoms with Crippen LogP contribution in [0.2, 0.25) is 0 Å². The van der Waals surface area contributed by atoms with Gasteiger partial charge in [-0.15, -0.1) is 0 Å². The predicted octanol–water partition coefficient (Wildman–Crippen LogP) is 1.25. The van der Waals surface area contributed by atoms with Crippen LogP contribution in [0.15, 0.2) is 16.8 Å². The molecule has 0 amide bonds. The van der Waals surface area contributed by atoms with Gasteiger partial charge in [-0.05, 0) is 25.9 Å². The number of likely N-dealkylation sites (N-methyl/N-ethyl adjacent to an activating group) is 1. The van der Waals surface area contributed by atoms with E-state index < -0.39 is 0 Å². The number of piperidine rings is 1. The van der Waals surface area contributed by atoms with Crippen LogP contribution in [0.4, 0.5) is 0 Å². The molecule has 1 aliphatic heterocycles. The Morgan fingerprint density at radius 3 is 3.33 bits per heavy atom. The van der Waals surface area contributed by atoms with E-state index in [0.29, 0.717) is 6.04 Å². The van der Waals surface area contributed by atoms with E-state index in [2.05, 4.69) is 22.3 Å². The Labute approximate surface area is 90.6 Å². The summed E-state index contributed by atoms with van der Waals surface area (Å²) in [6.07, 6.45) is 4.27. The van der Waals surface area contributed by atoms with Gasteiger partial charge in [0.2, 0.25) is 0 Å². The lowest BCUT2D eigenvalue weighted by Gasteiger charge is -2.32. The molecule has 1 aromatic heterocycles. The monoisotopic (exact) mass is 209 g/mol. The molecular weight excluding hydrogens is 190 g/mol. The molecule has 0 bridgehead atoms. The van der Waals surface area contributed by atoms with E-state index in [4.69, 9.17) is 4.52 Å². The van der Waals surface area contributed by atoms with Crippen molar-refractivity contribution in [2.45, 2.75) is 32.4 Å². The summed E-state index contributed by atoms with van der Waals surface area (Å²) < 4.78 is 5.12. The van der Waals surface area contributed by atoms with E-state index in [9.17, 15) is 0 Å². The normalized spacial score (nSPS) is 23.1. The topological polar surface area (TPSA) is 41.3 Å². The molecule has 1 N–H and O–H groups in total. The van der Waals surface area contributed by atoms with Crippen molar-refractivity contribution in [3.8, 4) is 0 Å². The Morgan fingerprint density at radius 1 is 1.67 bits per heavy atom. The Hall–Kier alpha value is -0.870. The van der Waals surface area contributed by atoms with Gasteiger partial charge in [-0.2, -0.15) is 0 Å². The molecule has 1 atom stereocenters. The first-order valence-electron chi connectivity index (χ1n) is 5.73. The van der Waals surface area contributed by atoms with Gasteiger partial charge in [-0.25, -0.2) is 0 Å². The highest BCUT2D eigenvalue weighted by molar-refractivity contribution is 4.93. The van der Waals surface area contributed by atoms with E-state index in [0.717, 1.165) is 25.4 Å². The smallest absolute Gasteiger partial charge is 0.150 e. The maximum Gasteiger partial charge on any atom is 0.150 e. The van der Waals surface area contributed by atoms with Crippen molar-refractivity contribution in [3.05, 3.63) is 18.0 Å². The van der Waals surface area contributed by atoms with Crippen molar-refractivity contribution < 1.29 is 4.52 Å². The van der Waals surface area contributed by atoms with Gasteiger partial charge >= 0.3 is 0 Å². The fourth-order valence-electron chi connectivity index (χ4n) is 2.20. The van der Waals surface area contributed by atoms with Gasteiger partial charge < -0.3 is 9.84 Å². The van der Waals surface area contributed by atoms with Crippen molar-refractivity contribution >= 4 is 0 Å². The molecule has 2 rings (SSSR count). The highest BCUT2D eigenvalue weighted by Gasteiger charge is 2.19. The summed E-state index contributed by atoms with van der Waals surface area (Å²) in [5.74, 6) is 0.965.